The van der Waals surface area contributed by atoms with E-state index in [2.05, 4.69) is 5.32 Å². The van der Waals surface area contributed by atoms with Crippen LogP contribution in [0.15, 0.2) is 0 Å². The number of amides is 1. The lowest BCUT2D eigenvalue weighted by Gasteiger charge is -2.19. The smallest absolute Gasteiger partial charge is 0.243 e. The topological polar surface area (TPSA) is 32.3 Å². The summed E-state index contributed by atoms with van der Waals surface area (Å²) in [7, 11) is 0. The summed E-state index contributed by atoms with van der Waals surface area (Å²) >= 11 is 0. The summed E-state index contributed by atoms with van der Waals surface area (Å²) in [5.74, 6) is -0.534. The molecule has 0 aromatic carbocycles. The molecular weight excluding hydrogens is 202 g/mol. The van der Waals surface area contributed by atoms with E-state index in [4.69, 9.17) is 0 Å². The molecule has 2 atom stereocenters. The van der Waals surface area contributed by atoms with E-state index < -0.39 is 12.3 Å². The number of rotatable bonds is 2. The highest BCUT2D eigenvalue weighted by Gasteiger charge is 2.35. The maximum absolute atomic E-state index is 12.4. The largest absolute Gasteiger partial charge is 0.342 e. The Balaban J connectivity index is 1.87. The Kier molecular flexibility index (Phi) is 3.19. The second-order valence-corrected chi connectivity index (χ2v) is 4.36. The molecule has 3 nitrogen and oxygen atoms in total. The zero-order chi connectivity index (χ0) is 10.8. The van der Waals surface area contributed by atoms with E-state index in [1.54, 1.807) is 4.90 Å². The van der Waals surface area contributed by atoms with Crippen LogP contribution in [-0.2, 0) is 4.79 Å². The Morgan fingerprint density at radius 3 is 2.73 bits per heavy atom. The highest BCUT2D eigenvalue weighted by molar-refractivity contribution is 5.79. The predicted octanol–water partition coefficient (Wildman–Crippen LogP) is 0.710. The molecule has 86 valence electrons. The molecule has 0 saturated carbocycles. The minimum absolute atomic E-state index is 0.0152. The molecule has 2 fully saturated rings. The van der Waals surface area contributed by atoms with Gasteiger partial charge in [0.05, 0.1) is 5.92 Å². The number of carbonyl (C=O) groups is 1. The van der Waals surface area contributed by atoms with Crippen molar-refractivity contribution >= 4 is 5.91 Å². The quantitative estimate of drug-likeness (QED) is 0.740. The molecule has 0 aliphatic carbocycles. The van der Waals surface area contributed by atoms with Gasteiger partial charge in [-0.1, -0.05) is 0 Å². The zero-order valence-corrected chi connectivity index (χ0v) is 8.59. The third kappa shape index (κ3) is 2.27. The first kappa shape index (κ1) is 10.8. The van der Waals surface area contributed by atoms with Crippen molar-refractivity contribution in [2.24, 2.45) is 11.8 Å². The first-order valence-electron chi connectivity index (χ1n) is 5.46. The fourth-order valence-corrected chi connectivity index (χ4v) is 2.32. The van der Waals surface area contributed by atoms with Gasteiger partial charge in [0, 0.05) is 25.6 Å². The van der Waals surface area contributed by atoms with Crippen LogP contribution in [-0.4, -0.2) is 43.4 Å². The third-order valence-electron chi connectivity index (χ3n) is 3.30. The van der Waals surface area contributed by atoms with Gasteiger partial charge in [-0.3, -0.25) is 4.79 Å². The van der Waals surface area contributed by atoms with Gasteiger partial charge in [0.2, 0.25) is 12.3 Å². The summed E-state index contributed by atoms with van der Waals surface area (Å²) in [6.45, 7) is 2.31. The average molecular weight is 218 g/mol. The van der Waals surface area contributed by atoms with E-state index in [1.165, 1.54) is 0 Å². The molecule has 2 heterocycles. The van der Waals surface area contributed by atoms with Crippen molar-refractivity contribution in [3.63, 3.8) is 0 Å². The van der Waals surface area contributed by atoms with Crippen LogP contribution in [0.5, 0.6) is 0 Å². The highest BCUT2D eigenvalue weighted by atomic mass is 19.3. The molecule has 0 aromatic rings. The molecule has 2 aliphatic heterocycles. The van der Waals surface area contributed by atoms with Crippen LogP contribution in [0, 0.1) is 11.8 Å². The van der Waals surface area contributed by atoms with Gasteiger partial charge in [0.25, 0.3) is 0 Å². The van der Waals surface area contributed by atoms with Gasteiger partial charge in [-0.25, -0.2) is 8.78 Å². The second kappa shape index (κ2) is 4.43. The van der Waals surface area contributed by atoms with E-state index in [-0.39, 0.29) is 18.4 Å². The third-order valence-corrected chi connectivity index (χ3v) is 3.30. The molecule has 0 radical (unpaired) electrons. The number of carbonyl (C=O) groups excluding carboxylic acids is 1. The molecule has 0 spiro atoms. The van der Waals surface area contributed by atoms with Gasteiger partial charge < -0.3 is 10.2 Å². The molecule has 0 unspecified atom stereocenters. The van der Waals surface area contributed by atoms with Crippen molar-refractivity contribution in [2.75, 3.05) is 26.2 Å². The molecule has 15 heavy (non-hydrogen) atoms. The molecule has 5 heteroatoms. The monoisotopic (exact) mass is 218 g/mol. The molecule has 1 amide bonds. The summed E-state index contributed by atoms with van der Waals surface area (Å²) < 4.78 is 24.8. The van der Waals surface area contributed by atoms with E-state index in [0.29, 0.717) is 19.5 Å². The van der Waals surface area contributed by atoms with Crippen LogP contribution < -0.4 is 5.32 Å². The minimum atomic E-state index is -2.29. The summed E-state index contributed by atoms with van der Waals surface area (Å²) in [4.78, 5) is 13.5. The van der Waals surface area contributed by atoms with Crippen LogP contribution in [0.4, 0.5) is 8.78 Å². The van der Waals surface area contributed by atoms with Crippen LogP contribution in [0.1, 0.15) is 12.8 Å². The Morgan fingerprint density at radius 2 is 2.20 bits per heavy atom. The number of halogens is 2. The summed E-state index contributed by atoms with van der Waals surface area (Å²) in [6.07, 6.45) is -0.998. The normalized spacial score (nSPS) is 31.5. The van der Waals surface area contributed by atoms with Crippen LogP contribution >= 0.6 is 0 Å². The van der Waals surface area contributed by atoms with E-state index >= 15 is 0 Å². The number of hydrogen-bond acceptors (Lipinski definition) is 2. The molecule has 0 bridgehead atoms. The Labute approximate surface area is 87.8 Å². The van der Waals surface area contributed by atoms with Gasteiger partial charge in [-0.05, 0) is 19.4 Å². The highest BCUT2D eigenvalue weighted by Crippen LogP contribution is 2.25. The number of nitrogens with one attached hydrogen (secondary N) is 1. The van der Waals surface area contributed by atoms with Crippen molar-refractivity contribution in [1.29, 1.82) is 0 Å². The molecular formula is C10H16F2N2O. The van der Waals surface area contributed by atoms with E-state index in [0.717, 1.165) is 13.0 Å². The number of alkyl halides is 2. The number of likely N-dealkylation sites (tertiary alicyclic amines) is 1. The first-order valence-corrected chi connectivity index (χ1v) is 5.46. The van der Waals surface area contributed by atoms with Gasteiger partial charge in [0.15, 0.2) is 0 Å². The second-order valence-electron chi connectivity index (χ2n) is 4.36. The van der Waals surface area contributed by atoms with Crippen molar-refractivity contribution < 1.29 is 13.6 Å². The maximum atomic E-state index is 12.4. The summed E-state index contributed by atoms with van der Waals surface area (Å²) in [6, 6.07) is 0. The van der Waals surface area contributed by atoms with Crippen molar-refractivity contribution in [3.8, 4) is 0 Å². The Hall–Kier alpha value is -0.710. The van der Waals surface area contributed by atoms with Gasteiger partial charge in [-0.2, -0.15) is 0 Å². The van der Waals surface area contributed by atoms with Crippen molar-refractivity contribution in [2.45, 2.75) is 19.3 Å². The SMILES string of the molecule is O=C([C@@H]1CCNC1)N1CC[C@H](C(F)F)C1. The van der Waals surface area contributed by atoms with Crippen molar-refractivity contribution in [3.05, 3.63) is 0 Å². The van der Waals surface area contributed by atoms with Gasteiger partial charge >= 0.3 is 0 Å². The lowest BCUT2D eigenvalue weighted by Crippen LogP contribution is -2.35. The van der Waals surface area contributed by atoms with Crippen LogP contribution in [0.2, 0.25) is 0 Å². The molecule has 2 saturated heterocycles. The lowest BCUT2D eigenvalue weighted by atomic mass is 10.1. The first-order chi connectivity index (χ1) is 7.18. The molecule has 1 N–H and O–H groups in total. The van der Waals surface area contributed by atoms with Gasteiger partial charge in [0.1, 0.15) is 0 Å². The van der Waals surface area contributed by atoms with E-state index in [9.17, 15) is 13.6 Å². The molecule has 2 rings (SSSR count). The molecule has 0 aromatic heterocycles. The fourth-order valence-electron chi connectivity index (χ4n) is 2.32. The summed E-state index contributed by atoms with van der Waals surface area (Å²) in [5, 5.41) is 3.12. The minimum Gasteiger partial charge on any atom is -0.342 e. The fraction of sp³-hybridized carbons (Fsp3) is 0.900. The lowest BCUT2D eigenvalue weighted by molar-refractivity contribution is -0.134. The van der Waals surface area contributed by atoms with Gasteiger partial charge in [-0.15, -0.1) is 0 Å². The Bertz CT molecular complexity index is 242. The van der Waals surface area contributed by atoms with E-state index in [1.807, 2.05) is 0 Å². The average Bonchev–Trinajstić information content (AvgIpc) is 2.88. The number of nitrogens with zero attached hydrogens (tertiary/aromatic N) is 1. The van der Waals surface area contributed by atoms with Crippen LogP contribution in [0.3, 0.4) is 0 Å². The van der Waals surface area contributed by atoms with Crippen molar-refractivity contribution in [1.82, 2.24) is 10.2 Å². The van der Waals surface area contributed by atoms with Crippen LogP contribution in [0.25, 0.3) is 0 Å². The Morgan fingerprint density at radius 1 is 1.40 bits per heavy atom. The summed E-state index contributed by atoms with van der Waals surface area (Å²) in [5.41, 5.74) is 0. The zero-order valence-electron chi connectivity index (χ0n) is 8.59. The molecule has 2 aliphatic rings. The maximum Gasteiger partial charge on any atom is 0.243 e. The number of hydrogen-bond donors (Lipinski definition) is 1. The predicted molar refractivity (Wildman–Crippen MR) is 51.7 cm³/mol. The standard InChI is InChI=1S/C10H16F2N2O/c11-9(12)8-2-4-14(6-8)10(15)7-1-3-13-5-7/h7-9,13H,1-6H2/t7-,8+/m1/s1.